The van der Waals surface area contributed by atoms with E-state index in [9.17, 15) is 8.78 Å². The maximum atomic E-state index is 13.5. The van der Waals surface area contributed by atoms with E-state index in [1.54, 1.807) is 12.1 Å². The van der Waals surface area contributed by atoms with Crippen molar-refractivity contribution in [1.29, 1.82) is 0 Å². The zero-order valence-electron chi connectivity index (χ0n) is 9.81. The first-order chi connectivity index (χ1) is 8.56. The minimum absolute atomic E-state index is 0.261. The summed E-state index contributed by atoms with van der Waals surface area (Å²) >= 11 is 5.80. The van der Waals surface area contributed by atoms with Gasteiger partial charge in [0.15, 0.2) is 0 Å². The van der Waals surface area contributed by atoms with E-state index in [2.05, 4.69) is 5.32 Å². The van der Waals surface area contributed by atoms with E-state index in [0.29, 0.717) is 16.3 Å². The Labute approximate surface area is 109 Å². The van der Waals surface area contributed by atoms with E-state index < -0.39 is 0 Å². The second-order valence-corrected chi connectivity index (χ2v) is 4.48. The van der Waals surface area contributed by atoms with Gasteiger partial charge in [-0.25, -0.2) is 8.78 Å². The minimum Gasteiger partial charge on any atom is -0.381 e. The number of aryl methyl sites for hydroxylation is 1. The molecular weight excluding hydrogens is 256 g/mol. The molecule has 0 aliphatic carbocycles. The smallest absolute Gasteiger partial charge is 0.128 e. The number of halogens is 3. The van der Waals surface area contributed by atoms with E-state index in [0.717, 1.165) is 5.56 Å². The molecular formula is C14H12ClF2N. The second-order valence-electron chi connectivity index (χ2n) is 4.05. The summed E-state index contributed by atoms with van der Waals surface area (Å²) in [5.74, 6) is -0.657. The van der Waals surface area contributed by atoms with Crippen LogP contribution in [0.5, 0.6) is 0 Å². The zero-order valence-corrected chi connectivity index (χ0v) is 10.6. The predicted octanol–water partition coefficient (Wildman–Crippen LogP) is 4.54. The largest absolute Gasteiger partial charge is 0.381 e. The molecule has 4 heteroatoms. The SMILES string of the molecule is Cc1ccc(F)cc1NCc1cc(Cl)ccc1F. The van der Waals surface area contributed by atoms with Crippen molar-refractivity contribution in [3.63, 3.8) is 0 Å². The van der Waals surface area contributed by atoms with Crippen LogP contribution in [0.3, 0.4) is 0 Å². The highest BCUT2D eigenvalue weighted by molar-refractivity contribution is 6.30. The summed E-state index contributed by atoms with van der Waals surface area (Å²) in [4.78, 5) is 0. The van der Waals surface area contributed by atoms with E-state index >= 15 is 0 Å². The lowest BCUT2D eigenvalue weighted by atomic mass is 10.1. The molecule has 2 aromatic rings. The zero-order chi connectivity index (χ0) is 13.1. The lowest BCUT2D eigenvalue weighted by molar-refractivity contribution is 0.612. The summed E-state index contributed by atoms with van der Waals surface area (Å²) < 4.78 is 26.6. The summed E-state index contributed by atoms with van der Waals surface area (Å²) in [5, 5.41) is 3.48. The van der Waals surface area contributed by atoms with Crippen molar-refractivity contribution in [3.05, 3.63) is 64.2 Å². The molecule has 2 aromatic carbocycles. The number of benzene rings is 2. The topological polar surface area (TPSA) is 12.0 Å². The van der Waals surface area contributed by atoms with Crippen molar-refractivity contribution in [1.82, 2.24) is 0 Å². The van der Waals surface area contributed by atoms with Gasteiger partial charge in [-0.3, -0.25) is 0 Å². The molecule has 0 radical (unpaired) electrons. The molecule has 0 bridgehead atoms. The van der Waals surface area contributed by atoms with Crippen molar-refractivity contribution >= 4 is 17.3 Å². The Morgan fingerprint density at radius 1 is 1.11 bits per heavy atom. The Morgan fingerprint density at radius 2 is 1.89 bits per heavy atom. The van der Waals surface area contributed by atoms with Gasteiger partial charge in [-0.05, 0) is 42.8 Å². The monoisotopic (exact) mass is 267 g/mol. The summed E-state index contributed by atoms with van der Waals surface area (Å²) in [6.45, 7) is 2.12. The van der Waals surface area contributed by atoms with Crippen LogP contribution in [0.25, 0.3) is 0 Å². The van der Waals surface area contributed by atoms with Crippen LogP contribution in [0.1, 0.15) is 11.1 Å². The standard InChI is InChI=1S/C14H12ClF2N/c1-9-2-4-12(16)7-14(9)18-8-10-6-11(15)3-5-13(10)17/h2-7,18H,8H2,1H3. The Morgan fingerprint density at radius 3 is 2.67 bits per heavy atom. The number of hydrogen-bond acceptors (Lipinski definition) is 1. The Kier molecular flexibility index (Phi) is 3.82. The molecule has 2 rings (SSSR count). The van der Waals surface area contributed by atoms with Gasteiger partial charge in [0.1, 0.15) is 11.6 Å². The highest BCUT2D eigenvalue weighted by Gasteiger charge is 2.05. The first-order valence-corrected chi connectivity index (χ1v) is 5.88. The highest BCUT2D eigenvalue weighted by Crippen LogP contribution is 2.19. The van der Waals surface area contributed by atoms with Crippen molar-refractivity contribution in [2.24, 2.45) is 0 Å². The van der Waals surface area contributed by atoms with E-state index in [4.69, 9.17) is 11.6 Å². The van der Waals surface area contributed by atoms with Crippen molar-refractivity contribution in [2.75, 3.05) is 5.32 Å². The first-order valence-electron chi connectivity index (χ1n) is 5.50. The van der Waals surface area contributed by atoms with Gasteiger partial charge < -0.3 is 5.32 Å². The van der Waals surface area contributed by atoms with E-state index in [1.165, 1.54) is 24.3 Å². The molecule has 0 aliphatic heterocycles. The molecule has 1 N–H and O–H groups in total. The third kappa shape index (κ3) is 2.99. The number of anilines is 1. The molecule has 0 spiro atoms. The molecule has 18 heavy (non-hydrogen) atoms. The van der Waals surface area contributed by atoms with Crippen LogP contribution in [-0.4, -0.2) is 0 Å². The molecule has 0 aromatic heterocycles. The lowest BCUT2D eigenvalue weighted by Gasteiger charge is -2.10. The molecule has 0 unspecified atom stereocenters. The van der Waals surface area contributed by atoms with Crippen molar-refractivity contribution in [2.45, 2.75) is 13.5 Å². The number of hydrogen-bond donors (Lipinski definition) is 1. The van der Waals surface area contributed by atoms with Crippen LogP contribution in [0, 0.1) is 18.6 Å². The second kappa shape index (κ2) is 5.36. The summed E-state index contributed by atoms with van der Waals surface area (Å²) in [6.07, 6.45) is 0. The Hall–Kier alpha value is -1.61. The highest BCUT2D eigenvalue weighted by atomic mass is 35.5. The number of nitrogens with one attached hydrogen (secondary N) is 1. The Bertz CT molecular complexity index is 518. The predicted molar refractivity (Wildman–Crippen MR) is 69.9 cm³/mol. The quantitative estimate of drug-likeness (QED) is 0.861. The summed E-state index contributed by atoms with van der Waals surface area (Å²) in [5.41, 5.74) is 2.00. The fourth-order valence-corrected chi connectivity index (χ4v) is 1.85. The molecule has 0 amide bonds. The lowest BCUT2D eigenvalue weighted by Crippen LogP contribution is -2.03. The summed E-state index contributed by atoms with van der Waals surface area (Å²) in [6, 6.07) is 8.81. The first kappa shape index (κ1) is 12.8. The van der Waals surface area contributed by atoms with Crippen LogP contribution >= 0.6 is 11.6 Å². The number of rotatable bonds is 3. The van der Waals surface area contributed by atoms with E-state index in [-0.39, 0.29) is 18.2 Å². The molecule has 1 nitrogen and oxygen atoms in total. The Balaban J connectivity index is 2.16. The van der Waals surface area contributed by atoms with Gasteiger partial charge in [-0.2, -0.15) is 0 Å². The van der Waals surface area contributed by atoms with Crippen LogP contribution < -0.4 is 5.32 Å². The summed E-state index contributed by atoms with van der Waals surface area (Å²) in [7, 11) is 0. The molecule has 0 heterocycles. The maximum Gasteiger partial charge on any atom is 0.128 e. The average molecular weight is 268 g/mol. The van der Waals surface area contributed by atoms with Crippen LogP contribution in [-0.2, 0) is 6.54 Å². The fraction of sp³-hybridized carbons (Fsp3) is 0.143. The molecule has 0 fully saturated rings. The molecule has 0 atom stereocenters. The molecule has 0 saturated heterocycles. The van der Waals surface area contributed by atoms with Gasteiger partial charge in [0.25, 0.3) is 0 Å². The minimum atomic E-state index is -0.332. The van der Waals surface area contributed by atoms with Gasteiger partial charge in [0.2, 0.25) is 0 Å². The van der Waals surface area contributed by atoms with Crippen LogP contribution in [0.2, 0.25) is 5.02 Å². The van der Waals surface area contributed by atoms with Gasteiger partial charge in [0, 0.05) is 22.8 Å². The van der Waals surface area contributed by atoms with E-state index in [1.807, 2.05) is 6.92 Å². The van der Waals surface area contributed by atoms with Crippen molar-refractivity contribution in [3.8, 4) is 0 Å². The van der Waals surface area contributed by atoms with Gasteiger partial charge >= 0.3 is 0 Å². The van der Waals surface area contributed by atoms with Gasteiger partial charge in [-0.1, -0.05) is 17.7 Å². The van der Waals surface area contributed by atoms with Crippen molar-refractivity contribution < 1.29 is 8.78 Å². The van der Waals surface area contributed by atoms with Gasteiger partial charge in [0.05, 0.1) is 0 Å². The molecule has 94 valence electrons. The molecule has 0 saturated carbocycles. The third-order valence-corrected chi connectivity index (χ3v) is 2.91. The normalized spacial score (nSPS) is 10.4. The van der Waals surface area contributed by atoms with Crippen LogP contribution in [0.4, 0.5) is 14.5 Å². The fourth-order valence-electron chi connectivity index (χ4n) is 1.65. The van der Waals surface area contributed by atoms with Crippen LogP contribution in [0.15, 0.2) is 36.4 Å². The molecule has 0 aliphatic rings. The third-order valence-electron chi connectivity index (χ3n) is 2.68. The maximum absolute atomic E-state index is 13.5. The van der Waals surface area contributed by atoms with Gasteiger partial charge in [-0.15, -0.1) is 0 Å². The average Bonchev–Trinajstić information content (AvgIpc) is 2.34.